The molecule has 6 heteroatoms. The fourth-order valence-electron chi connectivity index (χ4n) is 0.941. The number of halogens is 1. The van der Waals surface area contributed by atoms with Gasteiger partial charge in [0.15, 0.2) is 0 Å². The van der Waals surface area contributed by atoms with Gasteiger partial charge in [0, 0.05) is 5.02 Å². The fraction of sp³-hybridized carbons (Fsp3) is 0.250. The summed E-state index contributed by atoms with van der Waals surface area (Å²) in [6.07, 6.45) is 0. The smallest absolute Gasteiger partial charge is 0.240 e. The van der Waals surface area contributed by atoms with E-state index < -0.39 is 10.0 Å². The standard InChI is InChI=1S/C8H10ClNO3S/c1-10-14(12,13)7-3-2-6(5-11)8(9)4-7/h2-4,10-11H,5H2,1H3. The van der Waals surface area contributed by atoms with Crippen molar-refractivity contribution in [3.05, 3.63) is 28.8 Å². The van der Waals surface area contributed by atoms with Crippen LogP contribution in [0.4, 0.5) is 0 Å². The van der Waals surface area contributed by atoms with Crippen molar-refractivity contribution >= 4 is 21.6 Å². The second-order valence-electron chi connectivity index (χ2n) is 2.62. The summed E-state index contributed by atoms with van der Waals surface area (Å²) in [5, 5.41) is 9.06. The number of aliphatic hydroxyl groups is 1. The molecule has 0 aliphatic heterocycles. The van der Waals surface area contributed by atoms with E-state index in [0.717, 1.165) is 0 Å². The largest absolute Gasteiger partial charge is 0.392 e. The van der Waals surface area contributed by atoms with Crippen LogP contribution in [0.25, 0.3) is 0 Å². The van der Waals surface area contributed by atoms with E-state index in [0.29, 0.717) is 5.56 Å². The van der Waals surface area contributed by atoms with E-state index >= 15 is 0 Å². The van der Waals surface area contributed by atoms with E-state index in [1.807, 2.05) is 0 Å². The van der Waals surface area contributed by atoms with Gasteiger partial charge in [-0.1, -0.05) is 17.7 Å². The van der Waals surface area contributed by atoms with Crippen molar-refractivity contribution in [3.8, 4) is 0 Å². The van der Waals surface area contributed by atoms with E-state index in [9.17, 15) is 8.42 Å². The Morgan fingerprint density at radius 1 is 1.50 bits per heavy atom. The molecule has 1 rings (SSSR count). The molecule has 0 spiro atoms. The molecule has 0 bridgehead atoms. The van der Waals surface area contributed by atoms with Gasteiger partial charge in [0.2, 0.25) is 10.0 Å². The van der Waals surface area contributed by atoms with Gasteiger partial charge < -0.3 is 5.11 Å². The van der Waals surface area contributed by atoms with Crippen molar-refractivity contribution in [3.63, 3.8) is 0 Å². The van der Waals surface area contributed by atoms with Crippen LogP contribution >= 0.6 is 11.6 Å². The number of hydrogen-bond donors (Lipinski definition) is 2. The second kappa shape index (κ2) is 4.27. The molecule has 1 aromatic rings. The minimum Gasteiger partial charge on any atom is -0.392 e. The van der Waals surface area contributed by atoms with Crippen LogP contribution in [-0.4, -0.2) is 20.6 Å². The quantitative estimate of drug-likeness (QED) is 0.812. The van der Waals surface area contributed by atoms with Crippen molar-refractivity contribution in [2.45, 2.75) is 11.5 Å². The van der Waals surface area contributed by atoms with E-state index in [-0.39, 0.29) is 16.5 Å². The number of aliphatic hydroxyl groups excluding tert-OH is 1. The average Bonchev–Trinajstić information content (AvgIpc) is 2.17. The summed E-state index contributed by atoms with van der Waals surface area (Å²) in [5.74, 6) is 0. The molecule has 14 heavy (non-hydrogen) atoms. The van der Waals surface area contributed by atoms with Gasteiger partial charge in [0.05, 0.1) is 11.5 Å². The van der Waals surface area contributed by atoms with Crippen LogP contribution in [0.2, 0.25) is 5.02 Å². The molecule has 0 unspecified atom stereocenters. The SMILES string of the molecule is CNS(=O)(=O)c1ccc(CO)c(Cl)c1. The third-order valence-corrected chi connectivity index (χ3v) is 3.54. The van der Waals surface area contributed by atoms with Crippen molar-refractivity contribution < 1.29 is 13.5 Å². The zero-order chi connectivity index (χ0) is 10.8. The molecule has 0 radical (unpaired) electrons. The third-order valence-electron chi connectivity index (χ3n) is 1.77. The van der Waals surface area contributed by atoms with Crippen LogP contribution in [0.3, 0.4) is 0 Å². The highest BCUT2D eigenvalue weighted by molar-refractivity contribution is 7.89. The van der Waals surface area contributed by atoms with Crippen molar-refractivity contribution in [1.29, 1.82) is 0 Å². The molecule has 0 fully saturated rings. The summed E-state index contributed by atoms with van der Waals surface area (Å²) in [4.78, 5) is 0.0854. The predicted octanol–water partition coefficient (Wildman–Crippen LogP) is 0.740. The Balaban J connectivity index is 3.22. The van der Waals surface area contributed by atoms with E-state index in [1.165, 1.54) is 25.2 Å². The van der Waals surface area contributed by atoms with Gasteiger partial charge in [-0.05, 0) is 24.7 Å². The number of rotatable bonds is 3. The Morgan fingerprint density at radius 3 is 2.57 bits per heavy atom. The van der Waals surface area contributed by atoms with Gasteiger partial charge in [-0.2, -0.15) is 0 Å². The third kappa shape index (κ3) is 2.24. The number of hydrogen-bond acceptors (Lipinski definition) is 3. The van der Waals surface area contributed by atoms with Crippen LogP contribution in [0.1, 0.15) is 5.56 Å². The first kappa shape index (κ1) is 11.5. The average molecular weight is 236 g/mol. The maximum Gasteiger partial charge on any atom is 0.240 e. The zero-order valence-corrected chi connectivity index (χ0v) is 9.06. The van der Waals surface area contributed by atoms with Crippen molar-refractivity contribution in [2.24, 2.45) is 0 Å². The summed E-state index contributed by atoms with van der Waals surface area (Å²) in [5.41, 5.74) is 0.502. The molecule has 0 saturated heterocycles. The van der Waals surface area contributed by atoms with Gasteiger partial charge in [-0.15, -0.1) is 0 Å². The molecular formula is C8H10ClNO3S. The summed E-state index contributed by atoms with van der Waals surface area (Å²) in [6.45, 7) is -0.210. The lowest BCUT2D eigenvalue weighted by Crippen LogP contribution is -2.18. The van der Waals surface area contributed by atoms with E-state index in [4.69, 9.17) is 16.7 Å². The minimum absolute atomic E-state index is 0.0854. The lowest BCUT2D eigenvalue weighted by molar-refractivity contribution is 0.282. The van der Waals surface area contributed by atoms with Gasteiger partial charge in [0.25, 0.3) is 0 Å². The summed E-state index contributed by atoms with van der Waals surface area (Å²) >= 11 is 5.74. The van der Waals surface area contributed by atoms with Crippen LogP contribution in [0.5, 0.6) is 0 Å². The van der Waals surface area contributed by atoms with Crippen molar-refractivity contribution in [1.82, 2.24) is 4.72 Å². The highest BCUT2D eigenvalue weighted by Crippen LogP contribution is 2.20. The first-order valence-corrected chi connectivity index (χ1v) is 5.70. The van der Waals surface area contributed by atoms with Gasteiger partial charge in [-0.3, -0.25) is 0 Å². The van der Waals surface area contributed by atoms with Crippen LogP contribution in [0.15, 0.2) is 23.1 Å². The van der Waals surface area contributed by atoms with Crippen LogP contribution in [0, 0.1) is 0 Å². The molecule has 0 aliphatic carbocycles. The lowest BCUT2D eigenvalue weighted by Gasteiger charge is -2.05. The van der Waals surface area contributed by atoms with Crippen LogP contribution in [-0.2, 0) is 16.6 Å². The Bertz CT molecular complexity index is 430. The summed E-state index contributed by atoms with van der Waals surface area (Å²) < 4.78 is 24.8. The highest BCUT2D eigenvalue weighted by atomic mass is 35.5. The summed E-state index contributed by atoms with van der Waals surface area (Å²) in [7, 11) is -2.14. The number of nitrogens with one attached hydrogen (secondary N) is 1. The van der Waals surface area contributed by atoms with E-state index in [1.54, 1.807) is 0 Å². The Morgan fingerprint density at radius 2 is 2.14 bits per heavy atom. The summed E-state index contributed by atoms with van der Waals surface area (Å²) in [6, 6.07) is 4.18. The molecule has 0 amide bonds. The predicted molar refractivity (Wildman–Crippen MR) is 53.6 cm³/mol. The number of sulfonamides is 1. The highest BCUT2D eigenvalue weighted by Gasteiger charge is 2.12. The topological polar surface area (TPSA) is 66.4 Å². The molecule has 0 saturated carbocycles. The van der Waals surface area contributed by atoms with E-state index in [2.05, 4.69) is 4.72 Å². The maximum absolute atomic E-state index is 11.3. The molecule has 2 N–H and O–H groups in total. The Hall–Kier alpha value is -0.620. The monoisotopic (exact) mass is 235 g/mol. The first-order chi connectivity index (χ1) is 6.51. The molecule has 0 aromatic heterocycles. The van der Waals surface area contributed by atoms with Crippen molar-refractivity contribution in [2.75, 3.05) is 7.05 Å². The zero-order valence-electron chi connectivity index (χ0n) is 7.49. The molecule has 4 nitrogen and oxygen atoms in total. The lowest BCUT2D eigenvalue weighted by atomic mass is 10.2. The van der Waals surface area contributed by atoms with Crippen LogP contribution < -0.4 is 4.72 Å². The normalized spacial score (nSPS) is 11.6. The first-order valence-electron chi connectivity index (χ1n) is 3.84. The molecule has 1 aromatic carbocycles. The minimum atomic E-state index is -3.46. The molecule has 78 valence electrons. The molecular weight excluding hydrogens is 226 g/mol. The molecule has 0 heterocycles. The Kier molecular flexibility index (Phi) is 3.49. The second-order valence-corrected chi connectivity index (χ2v) is 4.91. The van der Waals surface area contributed by atoms with Gasteiger partial charge >= 0.3 is 0 Å². The van der Waals surface area contributed by atoms with Gasteiger partial charge in [0.1, 0.15) is 0 Å². The van der Waals surface area contributed by atoms with Gasteiger partial charge in [-0.25, -0.2) is 13.1 Å². The molecule has 0 aliphatic rings. The molecule has 0 atom stereocenters. The fourth-order valence-corrected chi connectivity index (χ4v) is 2.00. The Labute approximate surface area is 87.6 Å². The maximum atomic E-state index is 11.3. The number of benzene rings is 1.